The van der Waals surface area contributed by atoms with Crippen LogP contribution < -0.4 is 10.5 Å². The molecule has 92 valence electrons. The fourth-order valence-electron chi connectivity index (χ4n) is 1.63. The summed E-state index contributed by atoms with van der Waals surface area (Å²) in [5.41, 5.74) is 7.26. The minimum absolute atomic E-state index is 0.276. The average Bonchev–Trinajstić information content (AvgIpc) is 2.59. The summed E-state index contributed by atoms with van der Waals surface area (Å²) in [4.78, 5) is 7.17. The highest BCUT2D eigenvalue weighted by Crippen LogP contribution is 2.22. The van der Waals surface area contributed by atoms with Gasteiger partial charge in [-0.05, 0) is 20.3 Å². The first-order valence-corrected chi connectivity index (χ1v) is 5.73. The number of aliphatic hydroxyl groups is 1. The van der Waals surface area contributed by atoms with Crippen LogP contribution in [0.15, 0.2) is 0 Å². The largest absolute Gasteiger partial charge is 0.465 e. The number of rotatable bonds is 6. The lowest BCUT2D eigenvalue weighted by Gasteiger charge is -2.16. The number of H-pyrrole nitrogens is 1. The van der Waals surface area contributed by atoms with Crippen LogP contribution in [-0.2, 0) is 0 Å². The van der Waals surface area contributed by atoms with Gasteiger partial charge < -0.3 is 20.6 Å². The first-order chi connectivity index (χ1) is 7.60. The van der Waals surface area contributed by atoms with E-state index in [-0.39, 0.29) is 6.04 Å². The second-order valence-corrected chi connectivity index (χ2v) is 3.88. The van der Waals surface area contributed by atoms with E-state index in [4.69, 9.17) is 10.5 Å². The SMILES string of the molecule is CCCC(N)C(O)c1nc(OCC)[nH]c1C. The van der Waals surface area contributed by atoms with E-state index in [0.29, 0.717) is 18.3 Å². The molecule has 1 heterocycles. The summed E-state index contributed by atoms with van der Waals surface area (Å²) in [6.45, 7) is 6.32. The molecule has 4 N–H and O–H groups in total. The Morgan fingerprint density at radius 1 is 1.50 bits per heavy atom. The van der Waals surface area contributed by atoms with Gasteiger partial charge in [0, 0.05) is 11.7 Å². The number of imidazole rings is 1. The third kappa shape index (κ3) is 2.96. The molecule has 1 aromatic rings. The van der Waals surface area contributed by atoms with Crippen LogP contribution in [0.5, 0.6) is 6.01 Å². The van der Waals surface area contributed by atoms with Crippen LogP contribution in [0.25, 0.3) is 0 Å². The van der Waals surface area contributed by atoms with Crippen molar-refractivity contribution < 1.29 is 9.84 Å². The Balaban J connectivity index is 2.77. The van der Waals surface area contributed by atoms with Crippen LogP contribution >= 0.6 is 0 Å². The van der Waals surface area contributed by atoms with E-state index in [1.807, 2.05) is 20.8 Å². The molecule has 0 amide bonds. The molecule has 5 nitrogen and oxygen atoms in total. The normalized spacial score (nSPS) is 14.8. The summed E-state index contributed by atoms with van der Waals surface area (Å²) in [7, 11) is 0. The van der Waals surface area contributed by atoms with Gasteiger partial charge in [-0.25, -0.2) is 0 Å². The summed E-state index contributed by atoms with van der Waals surface area (Å²) in [5, 5.41) is 10.0. The highest BCUT2D eigenvalue weighted by atomic mass is 16.5. The number of nitrogens with one attached hydrogen (secondary N) is 1. The van der Waals surface area contributed by atoms with Crippen molar-refractivity contribution in [1.82, 2.24) is 9.97 Å². The van der Waals surface area contributed by atoms with Crippen LogP contribution in [0.4, 0.5) is 0 Å². The summed E-state index contributed by atoms with van der Waals surface area (Å²) >= 11 is 0. The van der Waals surface area contributed by atoms with Gasteiger partial charge in [0.05, 0.1) is 12.3 Å². The molecular weight excluding hydrogens is 206 g/mol. The Morgan fingerprint density at radius 3 is 2.75 bits per heavy atom. The molecule has 5 heteroatoms. The molecule has 0 bridgehead atoms. The van der Waals surface area contributed by atoms with Crippen LogP contribution in [-0.4, -0.2) is 27.7 Å². The van der Waals surface area contributed by atoms with Gasteiger partial charge in [-0.2, -0.15) is 4.98 Å². The molecule has 0 saturated carbocycles. The number of aliphatic hydroxyl groups excluding tert-OH is 1. The van der Waals surface area contributed by atoms with Gasteiger partial charge in [-0.3, -0.25) is 0 Å². The Kier molecular flexibility index (Phi) is 4.76. The second-order valence-electron chi connectivity index (χ2n) is 3.88. The predicted octanol–water partition coefficient (Wildman–Crippen LogP) is 1.28. The van der Waals surface area contributed by atoms with Crippen molar-refractivity contribution in [3.8, 4) is 6.01 Å². The topological polar surface area (TPSA) is 84.2 Å². The first-order valence-electron chi connectivity index (χ1n) is 5.73. The molecule has 0 radical (unpaired) electrons. The molecule has 0 aliphatic carbocycles. The number of aryl methyl sites for hydroxylation is 1. The number of nitrogens with zero attached hydrogens (tertiary/aromatic N) is 1. The first kappa shape index (κ1) is 13.0. The lowest BCUT2D eigenvalue weighted by atomic mass is 10.0. The molecule has 2 unspecified atom stereocenters. The van der Waals surface area contributed by atoms with Crippen LogP contribution in [0, 0.1) is 6.92 Å². The average molecular weight is 227 g/mol. The number of hydrogen-bond donors (Lipinski definition) is 3. The van der Waals surface area contributed by atoms with E-state index in [1.165, 1.54) is 0 Å². The van der Waals surface area contributed by atoms with E-state index in [2.05, 4.69) is 9.97 Å². The number of hydrogen-bond acceptors (Lipinski definition) is 4. The summed E-state index contributed by atoms with van der Waals surface area (Å²) in [6, 6.07) is 0.166. The maximum absolute atomic E-state index is 10.0. The quantitative estimate of drug-likeness (QED) is 0.683. The number of aromatic amines is 1. The van der Waals surface area contributed by atoms with E-state index >= 15 is 0 Å². The Labute approximate surface area is 96.0 Å². The number of nitrogens with two attached hydrogens (primary N) is 1. The second kappa shape index (κ2) is 5.86. The van der Waals surface area contributed by atoms with Crippen molar-refractivity contribution in [2.24, 2.45) is 5.73 Å². The van der Waals surface area contributed by atoms with E-state index in [9.17, 15) is 5.11 Å². The van der Waals surface area contributed by atoms with Crippen molar-refractivity contribution in [2.45, 2.75) is 45.8 Å². The number of ether oxygens (including phenoxy) is 1. The van der Waals surface area contributed by atoms with E-state index in [1.54, 1.807) is 0 Å². The molecule has 1 aromatic heterocycles. The molecule has 0 spiro atoms. The molecular formula is C11H21N3O2. The molecule has 0 saturated heterocycles. The van der Waals surface area contributed by atoms with Gasteiger partial charge in [0.1, 0.15) is 6.10 Å². The maximum atomic E-state index is 10.0. The van der Waals surface area contributed by atoms with Gasteiger partial charge in [0.2, 0.25) is 0 Å². The van der Waals surface area contributed by atoms with Crippen molar-refractivity contribution in [1.29, 1.82) is 0 Å². The van der Waals surface area contributed by atoms with Crippen molar-refractivity contribution in [3.05, 3.63) is 11.4 Å². The van der Waals surface area contributed by atoms with Gasteiger partial charge in [-0.15, -0.1) is 0 Å². The molecule has 2 atom stereocenters. The Morgan fingerprint density at radius 2 is 2.19 bits per heavy atom. The van der Waals surface area contributed by atoms with Gasteiger partial charge >= 0.3 is 0 Å². The zero-order valence-corrected chi connectivity index (χ0v) is 10.2. The third-order valence-corrected chi connectivity index (χ3v) is 2.49. The van der Waals surface area contributed by atoms with Crippen molar-refractivity contribution in [3.63, 3.8) is 0 Å². The molecule has 0 aliphatic heterocycles. The zero-order chi connectivity index (χ0) is 12.1. The minimum atomic E-state index is -0.731. The van der Waals surface area contributed by atoms with Crippen LogP contribution in [0.3, 0.4) is 0 Å². The van der Waals surface area contributed by atoms with Crippen LogP contribution in [0.2, 0.25) is 0 Å². The standard InChI is InChI=1S/C11H21N3O2/c1-4-6-8(12)10(15)9-7(3)13-11(14-9)16-5-2/h8,10,15H,4-6,12H2,1-3H3,(H,13,14). The lowest BCUT2D eigenvalue weighted by molar-refractivity contribution is 0.136. The monoisotopic (exact) mass is 227 g/mol. The van der Waals surface area contributed by atoms with Gasteiger partial charge in [0.25, 0.3) is 6.01 Å². The fraction of sp³-hybridized carbons (Fsp3) is 0.727. The lowest BCUT2D eigenvalue weighted by Crippen LogP contribution is -2.28. The van der Waals surface area contributed by atoms with Crippen molar-refractivity contribution in [2.75, 3.05) is 6.61 Å². The van der Waals surface area contributed by atoms with E-state index < -0.39 is 6.10 Å². The molecule has 16 heavy (non-hydrogen) atoms. The Bertz CT molecular complexity index is 325. The number of aromatic nitrogens is 2. The highest BCUT2D eigenvalue weighted by Gasteiger charge is 2.21. The highest BCUT2D eigenvalue weighted by molar-refractivity contribution is 5.19. The summed E-state index contributed by atoms with van der Waals surface area (Å²) in [5.74, 6) is 0. The predicted molar refractivity (Wildman–Crippen MR) is 62.3 cm³/mol. The molecule has 0 fully saturated rings. The molecule has 1 rings (SSSR count). The fourth-order valence-corrected chi connectivity index (χ4v) is 1.63. The zero-order valence-electron chi connectivity index (χ0n) is 10.2. The Hall–Kier alpha value is -1.07. The summed E-state index contributed by atoms with van der Waals surface area (Å²) < 4.78 is 5.24. The smallest absolute Gasteiger partial charge is 0.294 e. The third-order valence-electron chi connectivity index (χ3n) is 2.49. The van der Waals surface area contributed by atoms with Crippen molar-refractivity contribution >= 4 is 0 Å². The maximum Gasteiger partial charge on any atom is 0.294 e. The van der Waals surface area contributed by atoms with E-state index in [0.717, 1.165) is 18.5 Å². The van der Waals surface area contributed by atoms with Gasteiger partial charge in [0.15, 0.2) is 0 Å². The molecule has 0 aromatic carbocycles. The summed E-state index contributed by atoms with van der Waals surface area (Å²) in [6.07, 6.45) is 0.989. The van der Waals surface area contributed by atoms with Crippen LogP contribution in [0.1, 0.15) is 44.2 Å². The van der Waals surface area contributed by atoms with Gasteiger partial charge in [-0.1, -0.05) is 13.3 Å². The minimum Gasteiger partial charge on any atom is -0.465 e. The molecule has 0 aliphatic rings.